The van der Waals surface area contributed by atoms with Crippen LogP contribution in [-0.4, -0.2) is 27.8 Å². The number of anilines is 1. The van der Waals surface area contributed by atoms with Crippen molar-refractivity contribution < 1.29 is 9.32 Å². The lowest BCUT2D eigenvalue weighted by atomic mass is 10.1. The van der Waals surface area contributed by atoms with Crippen molar-refractivity contribution in [1.29, 1.82) is 0 Å². The van der Waals surface area contributed by atoms with Gasteiger partial charge in [0.25, 0.3) is 0 Å². The first kappa shape index (κ1) is 15.1. The predicted molar refractivity (Wildman–Crippen MR) is 86.9 cm³/mol. The number of piperidine rings is 1. The summed E-state index contributed by atoms with van der Waals surface area (Å²) in [5.41, 5.74) is 2.18. The van der Waals surface area contributed by atoms with E-state index in [4.69, 9.17) is 4.52 Å². The number of aryl methyl sites for hydroxylation is 2. The summed E-state index contributed by atoms with van der Waals surface area (Å²) >= 11 is 1.60. The third-order valence-corrected chi connectivity index (χ3v) is 4.98. The highest BCUT2D eigenvalue weighted by atomic mass is 32.2. The van der Waals surface area contributed by atoms with Crippen molar-refractivity contribution in [3.8, 4) is 0 Å². The van der Waals surface area contributed by atoms with E-state index in [1.807, 2.05) is 36.1 Å². The SMILES string of the molecule is Cc1ccc(N2CCCC(SCc3noc(C)n3)C2=O)cc1. The molecule has 2 heterocycles. The van der Waals surface area contributed by atoms with Crippen molar-refractivity contribution in [1.82, 2.24) is 10.1 Å². The second-order valence-corrected chi connectivity index (χ2v) is 6.69. The summed E-state index contributed by atoms with van der Waals surface area (Å²) in [7, 11) is 0. The number of hydrogen-bond donors (Lipinski definition) is 0. The van der Waals surface area contributed by atoms with Crippen LogP contribution in [0.4, 0.5) is 5.69 Å². The van der Waals surface area contributed by atoms with E-state index in [2.05, 4.69) is 10.1 Å². The lowest BCUT2D eigenvalue weighted by molar-refractivity contribution is -0.119. The van der Waals surface area contributed by atoms with E-state index in [0.717, 1.165) is 25.1 Å². The van der Waals surface area contributed by atoms with Gasteiger partial charge in [-0.05, 0) is 31.9 Å². The zero-order valence-corrected chi connectivity index (χ0v) is 13.6. The molecule has 1 aliphatic heterocycles. The smallest absolute Gasteiger partial charge is 0.240 e. The number of thioether (sulfide) groups is 1. The molecule has 1 aliphatic rings. The number of carbonyl (C=O) groups excluding carboxylic acids is 1. The van der Waals surface area contributed by atoms with Gasteiger partial charge < -0.3 is 9.42 Å². The molecule has 0 aliphatic carbocycles. The van der Waals surface area contributed by atoms with E-state index in [1.54, 1.807) is 18.7 Å². The van der Waals surface area contributed by atoms with E-state index >= 15 is 0 Å². The fourth-order valence-electron chi connectivity index (χ4n) is 2.55. The van der Waals surface area contributed by atoms with Gasteiger partial charge in [-0.2, -0.15) is 4.98 Å². The van der Waals surface area contributed by atoms with Crippen LogP contribution in [-0.2, 0) is 10.5 Å². The van der Waals surface area contributed by atoms with Gasteiger partial charge in [0.2, 0.25) is 11.8 Å². The van der Waals surface area contributed by atoms with Gasteiger partial charge in [0, 0.05) is 19.2 Å². The summed E-state index contributed by atoms with van der Waals surface area (Å²) in [5, 5.41) is 3.85. The number of nitrogens with zero attached hydrogens (tertiary/aromatic N) is 3. The van der Waals surface area contributed by atoms with Crippen LogP contribution in [0, 0.1) is 13.8 Å². The van der Waals surface area contributed by atoms with Crippen LogP contribution in [0.3, 0.4) is 0 Å². The van der Waals surface area contributed by atoms with Gasteiger partial charge >= 0.3 is 0 Å². The van der Waals surface area contributed by atoms with Gasteiger partial charge in [-0.25, -0.2) is 0 Å². The molecule has 5 nitrogen and oxygen atoms in total. The van der Waals surface area contributed by atoms with Crippen LogP contribution < -0.4 is 4.90 Å². The molecular weight excluding hydrogens is 298 g/mol. The Balaban J connectivity index is 1.65. The zero-order valence-electron chi connectivity index (χ0n) is 12.8. The van der Waals surface area contributed by atoms with Crippen LogP contribution >= 0.6 is 11.8 Å². The van der Waals surface area contributed by atoms with Gasteiger partial charge in [0.1, 0.15) is 0 Å². The van der Waals surface area contributed by atoms with Gasteiger partial charge in [-0.15, -0.1) is 11.8 Å². The topological polar surface area (TPSA) is 59.2 Å². The molecule has 0 radical (unpaired) electrons. The molecule has 1 aromatic heterocycles. The maximum absolute atomic E-state index is 12.7. The number of aromatic nitrogens is 2. The standard InChI is InChI=1S/C16H19N3O2S/c1-11-5-7-13(8-6-11)19-9-3-4-14(16(19)20)22-10-15-17-12(2)21-18-15/h5-8,14H,3-4,9-10H2,1-2H3. The molecule has 0 saturated carbocycles. The predicted octanol–water partition coefficient (Wildman–Crippen LogP) is 3.12. The quantitative estimate of drug-likeness (QED) is 0.867. The first-order valence-corrected chi connectivity index (χ1v) is 8.47. The summed E-state index contributed by atoms with van der Waals surface area (Å²) in [6.07, 6.45) is 1.92. The van der Waals surface area contributed by atoms with Crippen LogP contribution in [0.5, 0.6) is 0 Å². The second kappa shape index (κ2) is 6.52. The Hall–Kier alpha value is -1.82. The molecule has 1 atom stereocenters. The van der Waals surface area contributed by atoms with Crippen molar-refractivity contribution in [3.63, 3.8) is 0 Å². The van der Waals surface area contributed by atoms with E-state index < -0.39 is 0 Å². The monoisotopic (exact) mass is 317 g/mol. The highest BCUT2D eigenvalue weighted by molar-refractivity contribution is 7.99. The first-order valence-electron chi connectivity index (χ1n) is 7.42. The minimum atomic E-state index is -0.0335. The molecule has 0 spiro atoms. The number of rotatable bonds is 4. The molecule has 0 bridgehead atoms. The minimum absolute atomic E-state index is 0.0335. The molecule has 1 aromatic carbocycles. The Morgan fingerprint density at radius 2 is 2.09 bits per heavy atom. The summed E-state index contributed by atoms with van der Waals surface area (Å²) < 4.78 is 4.96. The third-order valence-electron chi connectivity index (χ3n) is 3.72. The second-order valence-electron chi connectivity index (χ2n) is 5.50. The lowest BCUT2D eigenvalue weighted by Crippen LogP contribution is -2.43. The Labute approximate surface area is 134 Å². The fourth-order valence-corrected chi connectivity index (χ4v) is 3.62. The summed E-state index contributed by atoms with van der Waals surface area (Å²) in [6.45, 7) is 4.61. The molecule has 1 amide bonds. The average Bonchev–Trinajstić information content (AvgIpc) is 2.93. The maximum atomic E-state index is 12.7. The molecule has 116 valence electrons. The number of carbonyl (C=O) groups is 1. The lowest BCUT2D eigenvalue weighted by Gasteiger charge is -2.32. The number of amides is 1. The van der Waals surface area contributed by atoms with Crippen molar-refractivity contribution in [3.05, 3.63) is 41.5 Å². The van der Waals surface area contributed by atoms with E-state index in [0.29, 0.717) is 17.5 Å². The average molecular weight is 317 g/mol. The Morgan fingerprint density at radius 1 is 1.32 bits per heavy atom. The number of benzene rings is 1. The van der Waals surface area contributed by atoms with Crippen LogP contribution in [0.1, 0.15) is 30.1 Å². The summed E-state index contributed by atoms with van der Waals surface area (Å²) in [4.78, 5) is 18.8. The molecular formula is C16H19N3O2S. The van der Waals surface area contributed by atoms with Gasteiger partial charge in [0.05, 0.1) is 11.0 Å². The van der Waals surface area contributed by atoms with Crippen LogP contribution in [0.15, 0.2) is 28.8 Å². The molecule has 1 unspecified atom stereocenters. The van der Waals surface area contributed by atoms with Crippen molar-refractivity contribution in [2.75, 3.05) is 11.4 Å². The van der Waals surface area contributed by atoms with Gasteiger partial charge in [-0.3, -0.25) is 4.79 Å². The molecule has 1 fully saturated rings. The largest absolute Gasteiger partial charge is 0.340 e. The summed E-state index contributed by atoms with van der Waals surface area (Å²) in [5.74, 6) is 2.00. The van der Waals surface area contributed by atoms with E-state index in [-0.39, 0.29) is 11.2 Å². The molecule has 6 heteroatoms. The van der Waals surface area contributed by atoms with Gasteiger partial charge in [-0.1, -0.05) is 22.9 Å². The maximum Gasteiger partial charge on any atom is 0.240 e. The third kappa shape index (κ3) is 3.32. The zero-order chi connectivity index (χ0) is 15.5. The van der Waals surface area contributed by atoms with Crippen molar-refractivity contribution in [2.24, 2.45) is 0 Å². The Bertz CT molecular complexity index is 654. The fraction of sp³-hybridized carbons (Fsp3) is 0.438. The Kier molecular flexibility index (Phi) is 4.47. The normalized spacial score (nSPS) is 18.7. The van der Waals surface area contributed by atoms with E-state index in [9.17, 15) is 4.79 Å². The summed E-state index contributed by atoms with van der Waals surface area (Å²) in [6, 6.07) is 8.12. The number of hydrogen-bond acceptors (Lipinski definition) is 5. The van der Waals surface area contributed by atoms with Crippen LogP contribution in [0.2, 0.25) is 0 Å². The molecule has 0 N–H and O–H groups in total. The van der Waals surface area contributed by atoms with Crippen LogP contribution in [0.25, 0.3) is 0 Å². The highest BCUT2D eigenvalue weighted by Gasteiger charge is 2.30. The van der Waals surface area contributed by atoms with Crippen molar-refractivity contribution in [2.45, 2.75) is 37.7 Å². The minimum Gasteiger partial charge on any atom is -0.340 e. The molecule has 22 heavy (non-hydrogen) atoms. The van der Waals surface area contributed by atoms with E-state index in [1.165, 1.54) is 5.56 Å². The highest BCUT2D eigenvalue weighted by Crippen LogP contribution is 2.29. The Morgan fingerprint density at radius 3 is 2.77 bits per heavy atom. The molecule has 2 aromatic rings. The molecule has 3 rings (SSSR count). The molecule has 1 saturated heterocycles. The van der Waals surface area contributed by atoms with Crippen molar-refractivity contribution >= 4 is 23.4 Å². The van der Waals surface area contributed by atoms with Gasteiger partial charge in [0.15, 0.2) is 5.82 Å². The first-order chi connectivity index (χ1) is 10.6.